The van der Waals surface area contributed by atoms with Gasteiger partial charge < -0.3 is 4.18 Å². The highest BCUT2D eigenvalue weighted by Crippen LogP contribution is 2.14. The molecule has 0 radical (unpaired) electrons. The fourth-order valence-electron chi connectivity index (χ4n) is 0.909. The number of hydrogen-bond donors (Lipinski definition) is 2. The smallest absolute Gasteiger partial charge is 0.371 e. The lowest BCUT2D eigenvalue weighted by Crippen LogP contribution is -2.26. The van der Waals surface area contributed by atoms with E-state index < -0.39 is 10.3 Å². The van der Waals surface area contributed by atoms with Crippen LogP contribution in [0.5, 0.6) is 5.75 Å². The van der Waals surface area contributed by atoms with Crippen LogP contribution in [0.25, 0.3) is 0 Å². The number of nitrogens with one attached hydrogen (secondary N) is 1. The standard InChI is InChI=1S/C9H13N3O4S/c1-12(2)17(14,15)16-9-5-3-8(4-6-9)7-10-11-13/h3-7,11,13H,1-2H3/b10-7+. The zero-order valence-corrected chi connectivity index (χ0v) is 10.2. The van der Waals surface area contributed by atoms with Crippen molar-refractivity contribution in [2.24, 2.45) is 5.10 Å². The predicted molar refractivity (Wildman–Crippen MR) is 62.2 cm³/mol. The number of rotatable bonds is 5. The van der Waals surface area contributed by atoms with Crippen LogP contribution in [0.4, 0.5) is 0 Å². The van der Waals surface area contributed by atoms with Crippen LogP contribution in [0.3, 0.4) is 0 Å². The van der Waals surface area contributed by atoms with Gasteiger partial charge in [0.2, 0.25) is 0 Å². The van der Waals surface area contributed by atoms with E-state index in [0.717, 1.165) is 4.31 Å². The van der Waals surface area contributed by atoms with Crippen molar-refractivity contribution in [1.29, 1.82) is 0 Å². The molecule has 0 fully saturated rings. The van der Waals surface area contributed by atoms with Crippen LogP contribution in [-0.4, -0.2) is 38.2 Å². The van der Waals surface area contributed by atoms with Crippen molar-refractivity contribution in [1.82, 2.24) is 9.89 Å². The molecule has 7 nitrogen and oxygen atoms in total. The highest BCUT2D eigenvalue weighted by atomic mass is 32.2. The van der Waals surface area contributed by atoms with E-state index in [9.17, 15) is 8.42 Å². The van der Waals surface area contributed by atoms with Gasteiger partial charge >= 0.3 is 10.3 Å². The average molecular weight is 259 g/mol. The first-order chi connectivity index (χ1) is 7.95. The van der Waals surface area contributed by atoms with Gasteiger partial charge in [0, 0.05) is 14.1 Å². The van der Waals surface area contributed by atoms with Crippen LogP contribution in [0.2, 0.25) is 0 Å². The molecule has 0 amide bonds. The summed E-state index contributed by atoms with van der Waals surface area (Å²) in [6, 6.07) is 6.17. The highest BCUT2D eigenvalue weighted by Gasteiger charge is 2.15. The number of benzene rings is 1. The number of hydrazone groups is 1. The Morgan fingerprint density at radius 2 is 1.94 bits per heavy atom. The molecule has 0 aliphatic rings. The molecule has 0 atom stereocenters. The Morgan fingerprint density at radius 3 is 2.41 bits per heavy atom. The Balaban J connectivity index is 2.79. The number of nitrogens with zero attached hydrogens (tertiary/aromatic N) is 2. The van der Waals surface area contributed by atoms with Crippen molar-refractivity contribution in [3.05, 3.63) is 29.8 Å². The van der Waals surface area contributed by atoms with E-state index >= 15 is 0 Å². The third-order valence-electron chi connectivity index (χ3n) is 1.80. The van der Waals surface area contributed by atoms with Gasteiger partial charge in [0.25, 0.3) is 0 Å². The van der Waals surface area contributed by atoms with Crippen molar-refractivity contribution < 1.29 is 17.8 Å². The van der Waals surface area contributed by atoms with Crippen LogP contribution in [0.1, 0.15) is 5.56 Å². The molecule has 2 N–H and O–H groups in total. The Morgan fingerprint density at radius 1 is 1.35 bits per heavy atom. The molecule has 0 spiro atoms. The maximum absolute atomic E-state index is 11.4. The summed E-state index contributed by atoms with van der Waals surface area (Å²) in [6.45, 7) is 0. The minimum Gasteiger partial charge on any atom is -0.371 e. The lowest BCUT2D eigenvalue weighted by atomic mass is 10.2. The van der Waals surface area contributed by atoms with Gasteiger partial charge in [-0.05, 0) is 29.8 Å². The first kappa shape index (κ1) is 13.4. The van der Waals surface area contributed by atoms with Crippen molar-refractivity contribution >= 4 is 16.5 Å². The van der Waals surface area contributed by atoms with E-state index in [0.29, 0.717) is 5.56 Å². The van der Waals surface area contributed by atoms with Gasteiger partial charge in [-0.1, -0.05) is 0 Å². The molecular weight excluding hydrogens is 246 g/mol. The fourth-order valence-corrected chi connectivity index (χ4v) is 1.41. The first-order valence-corrected chi connectivity index (χ1v) is 5.96. The van der Waals surface area contributed by atoms with Crippen LogP contribution < -0.4 is 9.77 Å². The van der Waals surface area contributed by atoms with Crippen molar-refractivity contribution in [2.75, 3.05) is 14.1 Å². The Labute approximate surface area is 99.5 Å². The van der Waals surface area contributed by atoms with Gasteiger partial charge in [0.1, 0.15) is 5.75 Å². The summed E-state index contributed by atoms with van der Waals surface area (Å²) < 4.78 is 28.6. The van der Waals surface area contributed by atoms with Gasteiger partial charge in [0.15, 0.2) is 0 Å². The van der Waals surface area contributed by atoms with Crippen LogP contribution in [0.15, 0.2) is 29.4 Å². The molecule has 1 aromatic carbocycles. The van der Waals surface area contributed by atoms with E-state index in [-0.39, 0.29) is 5.75 Å². The zero-order chi connectivity index (χ0) is 12.9. The Bertz CT molecular complexity index is 481. The lowest BCUT2D eigenvalue weighted by Gasteiger charge is -2.11. The maximum Gasteiger partial charge on any atom is 0.384 e. The molecule has 8 heteroatoms. The summed E-state index contributed by atoms with van der Waals surface area (Å²) in [5.74, 6) is 0.202. The van der Waals surface area contributed by atoms with Gasteiger partial charge in [-0.3, -0.25) is 5.21 Å². The molecule has 17 heavy (non-hydrogen) atoms. The second-order valence-corrected chi connectivity index (χ2v) is 5.00. The molecule has 0 saturated carbocycles. The van der Waals surface area contributed by atoms with E-state index in [1.54, 1.807) is 17.7 Å². The molecule has 0 heterocycles. The average Bonchev–Trinajstić information content (AvgIpc) is 2.27. The van der Waals surface area contributed by atoms with E-state index in [1.807, 2.05) is 0 Å². The largest absolute Gasteiger partial charge is 0.384 e. The predicted octanol–water partition coefficient (Wildman–Crippen LogP) is 0.185. The van der Waals surface area contributed by atoms with Crippen molar-refractivity contribution in [3.63, 3.8) is 0 Å². The van der Waals surface area contributed by atoms with Gasteiger partial charge in [-0.2, -0.15) is 23.4 Å². The molecule has 1 rings (SSSR count). The minimum absolute atomic E-state index is 0.202. The topological polar surface area (TPSA) is 91.2 Å². The van der Waals surface area contributed by atoms with Crippen LogP contribution in [0, 0.1) is 0 Å². The molecule has 0 bridgehead atoms. The van der Waals surface area contributed by atoms with Crippen molar-refractivity contribution in [3.8, 4) is 5.75 Å². The Kier molecular flexibility index (Phi) is 4.44. The molecule has 0 aliphatic heterocycles. The molecular formula is C9H13N3O4S. The summed E-state index contributed by atoms with van der Waals surface area (Å²) in [4.78, 5) is 0. The highest BCUT2D eigenvalue weighted by molar-refractivity contribution is 7.84. The fraction of sp³-hybridized carbons (Fsp3) is 0.222. The lowest BCUT2D eigenvalue weighted by molar-refractivity contribution is 0.173. The van der Waals surface area contributed by atoms with E-state index in [4.69, 9.17) is 9.39 Å². The summed E-state index contributed by atoms with van der Waals surface area (Å²) in [5.41, 5.74) is 2.30. The summed E-state index contributed by atoms with van der Waals surface area (Å²) in [5, 5.41) is 11.6. The van der Waals surface area contributed by atoms with E-state index in [2.05, 4.69) is 5.10 Å². The second kappa shape index (κ2) is 5.62. The van der Waals surface area contributed by atoms with Crippen LogP contribution >= 0.6 is 0 Å². The maximum atomic E-state index is 11.4. The quantitative estimate of drug-likeness (QED) is 0.581. The SMILES string of the molecule is CN(C)S(=O)(=O)Oc1ccc(/C=N/NO)cc1. The Hall–Kier alpha value is -1.64. The monoisotopic (exact) mass is 259 g/mol. The molecule has 0 aromatic heterocycles. The molecule has 94 valence electrons. The van der Waals surface area contributed by atoms with Crippen LogP contribution in [-0.2, 0) is 10.3 Å². The van der Waals surface area contributed by atoms with E-state index in [1.165, 1.54) is 32.4 Å². The first-order valence-electron chi connectivity index (χ1n) is 4.60. The summed E-state index contributed by atoms with van der Waals surface area (Å²) >= 11 is 0. The minimum atomic E-state index is -3.73. The normalized spacial score (nSPS) is 12.0. The van der Waals surface area contributed by atoms with Gasteiger partial charge in [-0.15, -0.1) is 0 Å². The molecule has 0 aliphatic carbocycles. The summed E-state index contributed by atoms with van der Waals surface area (Å²) in [7, 11) is -0.977. The molecule has 1 aromatic rings. The zero-order valence-electron chi connectivity index (χ0n) is 9.36. The molecule has 0 unspecified atom stereocenters. The van der Waals surface area contributed by atoms with Gasteiger partial charge in [-0.25, -0.2) is 0 Å². The number of hydrogen-bond acceptors (Lipinski definition) is 6. The third-order valence-corrected chi connectivity index (χ3v) is 3.10. The third kappa shape index (κ3) is 4.02. The second-order valence-electron chi connectivity index (χ2n) is 3.25. The summed E-state index contributed by atoms with van der Waals surface area (Å²) in [6.07, 6.45) is 1.37. The van der Waals surface area contributed by atoms with Gasteiger partial charge in [0.05, 0.1) is 6.21 Å². The van der Waals surface area contributed by atoms with Crippen molar-refractivity contribution in [2.45, 2.75) is 0 Å². The molecule has 0 saturated heterocycles.